The zero-order chi connectivity index (χ0) is 19.7. The molecular formula is C20H37BN4O. The molecule has 0 aromatic heterocycles. The Labute approximate surface area is 161 Å². The van der Waals surface area contributed by atoms with Crippen LogP contribution in [-0.4, -0.2) is 61.8 Å². The predicted molar refractivity (Wildman–Crippen MR) is 108 cm³/mol. The van der Waals surface area contributed by atoms with Gasteiger partial charge in [-0.3, -0.25) is 10.2 Å². The van der Waals surface area contributed by atoms with E-state index in [4.69, 9.17) is 13.1 Å². The molecule has 0 fully saturated rings. The van der Waals surface area contributed by atoms with Crippen molar-refractivity contribution in [3.05, 3.63) is 11.8 Å². The fraction of sp³-hybridized carbons (Fsp3) is 0.850. The number of hydrogen-bond donors (Lipinski definition) is 2. The summed E-state index contributed by atoms with van der Waals surface area (Å²) in [4.78, 5) is 4.27. The standard InChI is InChI=1S/C20H37BN4O/c1-6-25(20(26)16(3)8-7-15(2)18(5)21)10-9-23-14-24-12-17(4)19(11-22)13-24/h13,15-18,20,23,26H,6-10,12,14H2,1-5H3/t15-,16+,17-,18-,20-/m0/s1. The third-order valence-electron chi connectivity index (χ3n) is 5.64. The zero-order valence-corrected chi connectivity index (χ0v) is 17.3. The van der Waals surface area contributed by atoms with Crippen molar-refractivity contribution in [3.8, 4) is 6.07 Å². The second kappa shape index (κ2) is 11.6. The molecule has 0 amide bonds. The van der Waals surface area contributed by atoms with Gasteiger partial charge in [0.1, 0.15) is 6.23 Å². The molecule has 1 aliphatic heterocycles. The third-order valence-corrected chi connectivity index (χ3v) is 5.64. The highest BCUT2D eigenvalue weighted by Crippen LogP contribution is 2.23. The number of aliphatic hydroxyl groups excluding tert-OH is 1. The van der Waals surface area contributed by atoms with Gasteiger partial charge in [0.25, 0.3) is 0 Å². The first kappa shape index (κ1) is 23.0. The minimum absolute atomic E-state index is 0.203. The smallest absolute Gasteiger partial charge is 0.110 e. The summed E-state index contributed by atoms with van der Waals surface area (Å²) in [5, 5.41) is 23.1. The lowest BCUT2D eigenvalue weighted by Gasteiger charge is -2.32. The van der Waals surface area contributed by atoms with Gasteiger partial charge in [0, 0.05) is 37.3 Å². The molecule has 0 spiro atoms. The SMILES string of the molecule is [B][C@@H](C)[C@@H](C)CC[C@@H](C)[C@H](O)N(CC)CCNCN1C=C(C#N)[C@@H](C)C1. The van der Waals surface area contributed by atoms with Crippen LogP contribution in [0.25, 0.3) is 0 Å². The van der Waals surface area contributed by atoms with Crippen molar-refractivity contribution in [1.29, 1.82) is 5.26 Å². The molecule has 2 N–H and O–H groups in total. The Balaban J connectivity index is 2.31. The first-order valence-electron chi connectivity index (χ1n) is 10.0. The van der Waals surface area contributed by atoms with Crippen LogP contribution in [0.5, 0.6) is 0 Å². The number of nitriles is 1. The number of nitrogens with one attached hydrogen (secondary N) is 1. The molecule has 0 aliphatic carbocycles. The fourth-order valence-corrected chi connectivity index (χ4v) is 3.30. The molecule has 146 valence electrons. The van der Waals surface area contributed by atoms with E-state index in [0.717, 1.165) is 51.3 Å². The van der Waals surface area contributed by atoms with E-state index >= 15 is 0 Å². The van der Waals surface area contributed by atoms with Gasteiger partial charge in [-0.2, -0.15) is 5.26 Å². The normalized spacial score (nSPS) is 22.0. The van der Waals surface area contributed by atoms with E-state index in [1.165, 1.54) is 0 Å². The van der Waals surface area contributed by atoms with Crippen molar-refractivity contribution in [1.82, 2.24) is 15.1 Å². The molecule has 1 rings (SSSR count). The minimum Gasteiger partial charge on any atom is -0.378 e. The summed E-state index contributed by atoms with van der Waals surface area (Å²) in [6.07, 6.45) is 3.57. The lowest BCUT2D eigenvalue weighted by Crippen LogP contribution is -2.44. The monoisotopic (exact) mass is 360 g/mol. The van der Waals surface area contributed by atoms with Crippen LogP contribution in [-0.2, 0) is 0 Å². The van der Waals surface area contributed by atoms with Crippen LogP contribution in [0.4, 0.5) is 0 Å². The highest BCUT2D eigenvalue weighted by molar-refractivity contribution is 6.11. The molecule has 6 heteroatoms. The van der Waals surface area contributed by atoms with E-state index in [2.05, 4.69) is 48.9 Å². The molecule has 0 saturated heterocycles. The summed E-state index contributed by atoms with van der Waals surface area (Å²) in [5.74, 6) is 1.23. The summed E-state index contributed by atoms with van der Waals surface area (Å²) < 4.78 is 0. The lowest BCUT2D eigenvalue weighted by molar-refractivity contribution is -0.0351. The molecule has 0 bridgehead atoms. The van der Waals surface area contributed by atoms with Gasteiger partial charge < -0.3 is 10.0 Å². The van der Waals surface area contributed by atoms with Gasteiger partial charge in [-0.15, -0.1) is 0 Å². The van der Waals surface area contributed by atoms with Crippen LogP contribution in [0.3, 0.4) is 0 Å². The topological polar surface area (TPSA) is 62.5 Å². The Morgan fingerprint density at radius 1 is 1.38 bits per heavy atom. The van der Waals surface area contributed by atoms with Crippen LogP contribution in [0.1, 0.15) is 47.5 Å². The molecule has 0 aromatic rings. The number of nitrogens with zero attached hydrogens (tertiary/aromatic N) is 3. The summed E-state index contributed by atoms with van der Waals surface area (Å²) >= 11 is 0. The lowest BCUT2D eigenvalue weighted by atomic mass is 9.76. The quantitative estimate of drug-likeness (QED) is 0.318. The van der Waals surface area contributed by atoms with Gasteiger partial charge in [0.15, 0.2) is 0 Å². The van der Waals surface area contributed by atoms with Crippen molar-refractivity contribution >= 4 is 7.85 Å². The summed E-state index contributed by atoms with van der Waals surface area (Å²) in [5.41, 5.74) is 0.854. The highest BCUT2D eigenvalue weighted by Gasteiger charge is 2.22. The van der Waals surface area contributed by atoms with E-state index < -0.39 is 6.23 Å². The Morgan fingerprint density at radius 3 is 2.58 bits per heavy atom. The molecule has 2 radical (unpaired) electrons. The Morgan fingerprint density at radius 2 is 2.04 bits per heavy atom. The van der Waals surface area contributed by atoms with Crippen LogP contribution in [0, 0.1) is 29.1 Å². The summed E-state index contributed by atoms with van der Waals surface area (Å²) in [6.45, 7) is 14.6. The van der Waals surface area contributed by atoms with Crippen molar-refractivity contribution in [3.63, 3.8) is 0 Å². The second-order valence-electron chi connectivity index (χ2n) is 7.96. The number of rotatable bonds is 12. The van der Waals surface area contributed by atoms with Gasteiger partial charge in [-0.25, -0.2) is 0 Å². The average Bonchev–Trinajstić information content (AvgIpc) is 2.98. The molecule has 0 aromatic carbocycles. The Hall–Kier alpha value is -1.03. The molecule has 1 aliphatic rings. The van der Waals surface area contributed by atoms with Crippen LogP contribution < -0.4 is 5.32 Å². The van der Waals surface area contributed by atoms with E-state index in [0.29, 0.717) is 11.8 Å². The van der Waals surface area contributed by atoms with Gasteiger partial charge in [0.2, 0.25) is 0 Å². The molecule has 0 unspecified atom stereocenters. The van der Waals surface area contributed by atoms with Crippen LogP contribution in [0.15, 0.2) is 11.8 Å². The Kier molecular flexibility index (Phi) is 10.3. The molecule has 5 nitrogen and oxygen atoms in total. The first-order valence-corrected chi connectivity index (χ1v) is 10.0. The molecule has 0 saturated carbocycles. The van der Waals surface area contributed by atoms with Crippen molar-refractivity contribution < 1.29 is 5.11 Å². The first-order chi connectivity index (χ1) is 12.3. The van der Waals surface area contributed by atoms with Gasteiger partial charge in [0.05, 0.1) is 20.6 Å². The maximum atomic E-state index is 10.7. The zero-order valence-electron chi connectivity index (χ0n) is 17.3. The molecule has 1 heterocycles. The van der Waals surface area contributed by atoms with E-state index in [1.54, 1.807) is 0 Å². The number of likely N-dealkylation sites (N-methyl/N-ethyl adjacent to an activating group) is 1. The van der Waals surface area contributed by atoms with Gasteiger partial charge in [-0.1, -0.05) is 46.9 Å². The van der Waals surface area contributed by atoms with Gasteiger partial charge in [-0.05, 0) is 24.8 Å². The predicted octanol–water partition coefficient (Wildman–Crippen LogP) is 2.56. The van der Waals surface area contributed by atoms with E-state index in [9.17, 15) is 5.11 Å². The van der Waals surface area contributed by atoms with Crippen LogP contribution >= 0.6 is 0 Å². The van der Waals surface area contributed by atoms with Crippen molar-refractivity contribution in [2.45, 2.75) is 59.5 Å². The van der Waals surface area contributed by atoms with E-state index in [1.807, 2.05) is 13.1 Å². The van der Waals surface area contributed by atoms with Crippen molar-refractivity contribution in [2.75, 3.05) is 32.8 Å². The maximum Gasteiger partial charge on any atom is 0.110 e. The maximum absolute atomic E-state index is 10.7. The largest absolute Gasteiger partial charge is 0.378 e. The van der Waals surface area contributed by atoms with E-state index in [-0.39, 0.29) is 11.7 Å². The second-order valence-corrected chi connectivity index (χ2v) is 7.96. The van der Waals surface area contributed by atoms with Crippen LogP contribution in [0.2, 0.25) is 5.82 Å². The van der Waals surface area contributed by atoms with Gasteiger partial charge >= 0.3 is 0 Å². The Bertz CT molecular complexity index is 477. The fourth-order valence-electron chi connectivity index (χ4n) is 3.30. The summed E-state index contributed by atoms with van der Waals surface area (Å²) in [7, 11) is 5.94. The molecular weight excluding hydrogens is 323 g/mol. The summed E-state index contributed by atoms with van der Waals surface area (Å²) in [6, 6.07) is 2.26. The molecule has 26 heavy (non-hydrogen) atoms. The molecule has 5 atom stereocenters. The minimum atomic E-state index is -0.418. The van der Waals surface area contributed by atoms with Crippen molar-refractivity contribution in [2.24, 2.45) is 17.8 Å². The average molecular weight is 360 g/mol. The number of hydrogen-bond acceptors (Lipinski definition) is 5. The highest BCUT2D eigenvalue weighted by atomic mass is 16.3. The number of aliphatic hydroxyl groups is 1. The third kappa shape index (κ3) is 7.30.